The first-order chi connectivity index (χ1) is 12.4. The fourth-order valence-corrected chi connectivity index (χ4v) is 2.78. The topological polar surface area (TPSA) is 64.0 Å². The molecular weight excluding hydrogens is 373 g/mol. The van der Waals surface area contributed by atoms with Gasteiger partial charge in [-0.2, -0.15) is 9.78 Å². The van der Waals surface area contributed by atoms with Crippen molar-refractivity contribution in [3.8, 4) is 0 Å². The molecule has 5 nitrogen and oxygen atoms in total. The van der Waals surface area contributed by atoms with E-state index in [4.69, 9.17) is 23.2 Å². The second-order valence-electron chi connectivity index (χ2n) is 5.73. The predicted octanol–water partition coefficient (Wildman–Crippen LogP) is 4.75. The van der Waals surface area contributed by atoms with E-state index in [1.54, 1.807) is 62.4 Å². The van der Waals surface area contributed by atoms with E-state index in [-0.39, 0.29) is 11.8 Å². The molecular formula is C19H15Cl2N3O2. The van der Waals surface area contributed by atoms with Crippen molar-refractivity contribution in [3.05, 3.63) is 81.1 Å². The van der Waals surface area contributed by atoms with Gasteiger partial charge in [-0.15, -0.1) is 0 Å². The molecule has 0 saturated carbocycles. The van der Waals surface area contributed by atoms with Gasteiger partial charge in [0.15, 0.2) is 0 Å². The number of hydrogen-bond donors (Lipinski definition) is 1. The number of aryl methyl sites for hydroxylation is 1. The quantitative estimate of drug-likeness (QED) is 0.705. The number of nitrogens with one attached hydrogen (secondary N) is 1. The highest BCUT2D eigenvalue weighted by Crippen LogP contribution is 2.22. The molecule has 26 heavy (non-hydrogen) atoms. The summed E-state index contributed by atoms with van der Waals surface area (Å²) < 4.78 is 1.27. The summed E-state index contributed by atoms with van der Waals surface area (Å²) >= 11 is 11.7. The Kier molecular flexibility index (Phi) is 5.11. The molecule has 0 bridgehead atoms. The molecule has 0 radical (unpaired) electrons. The van der Waals surface area contributed by atoms with Crippen LogP contribution in [0.1, 0.15) is 32.1 Å². The zero-order chi connectivity index (χ0) is 18.8. The van der Waals surface area contributed by atoms with Gasteiger partial charge in [0.1, 0.15) is 0 Å². The molecule has 0 saturated heterocycles. The Labute approximate surface area is 160 Å². The highest BCUT2D eigenvalue weighted by Gasteiger charge is 2.20. The molecule has 0 spiro atoms. The first-order valence-electron chi connectivity index (χ1n) is 7.80. The highest BCUT2D eigenvalue weighted by molar-refractivity contribution is 6.31. The van der Waals surface area contributed by atoms with Crippen molar-refractivity contribution in [2.75, 3.05) is 5.32 Å². The van der Waals surface area contributed by atoms with Crippen LogP contribution in [0.5, 0.6) is 0 Å². The van der Waals surface area contributed by atoms with E-state index in [2.05, 4.69) is 10.4 Å². The van der Waals surface area contributed by atoms with Crippen molar-refractivity contribution in [3.63, 3.8) is 0 Å². The third-order valence-electron chi connectivity index (χ3n) is 3.92. The standard InChI is InChI=1S/C19H15Cl2N3O2/c1-11-17(22-18(25)13-3-7-15(20)8-4-13)12(2)24(23-11)19(26)14-5-9-16(21)10-6-14/h3-10H,1-2H3,(H,22,25). The van der Waals surface area contributed by atoms with Gasteiger partial charge in [-0.05, 0) is 62.4 Å². The number of anilines is 1. The molecule has 2 aromatic carbocycles. The summed E-state index contributed by atoms with van der Waals surface area (Å²) in [6.07, 6.45) is 0. The summed E-state index contributed by atoms with van der Waals surface area (Å²) in [4.78, 5) is 25.1. The summed E-state index contributed by atoms with van der Waals surface area (Å²) in [6, 6.07) is 13.1. The molecule has 3 rings (SSSR count). The molecule has 1 amide bonds. The normalized spacial score (nSPS) is 10.6. The van der Waals surface area contributed by atoms with Crippen molar-refractivity contribution in [1.29, 1.82) is 0 Å². The summed E-state index contributed by atoms with van der Waals surface area (Å²) in [7, 11) is 0. The molecule has 0 unspecified atom stereocenters. The predicted molar refractivity (Wildman–Crippen MR) is 102 cm³/mol. The first-order valence-corrected chi connectivity index (χ1v) is 8.56. The molecule has 0 aliphatic rings. The fourth-order valence-electron chi connectivity index (χ4n) is 2.52. The van der Waals surface area contributed by atoms with E-state index < -0.39 is 0 Å². The lowest BCUT2D eigenvalue weighted by Crippen LogP contribution is -2.16. The van der Waals surface area contributed by atoms with Gasteiger partial charge in [-0.25, -0.2) is 0 Å². The number of benzene rings is 2. The minimum Gasteiger partial charge on any atom is -0.319 e. The van der Waals surface area contributed by atoms with Gasteiger partial charge in [0.25, 0.3) is 11.8 Å². The molecule has 3 aromatic rings. The third kappa shape index (κ3) is 3.64. The van der Waals surface area contributed by atoms with Gasteiger partial charge < -0.3 is 5.32 Å². The molecule has 0 atom stereocenters. The number of aromatic nitrogens is 2. The molecule has 0 fully saturated rings. The number of amides is 1. The lowest BCUT2D eigenvalue weighted by atomic mass is 10.2. The zero-order valence-corrected chi connectivity index (χ0v) is 15.6. The minimum absolute atomic E-state index is 0.297. The van der Waals surface area contributed by atoms with Crippen molar-refractivity contribution in [2.24, 2.45) is 0 Å². The fraction of sp³-hybridized carbons (Fsp3) is 0.105. The van der Waals surface area contributed by atoms with Crippen LogP contribution in [0.15, 0.2) is 48.5 Å². The van der Waals surface area contributed by atoms with Crippen LogP contribution in [0.4, 0.5) is 5.69 Å². The van der Waals surface area contributed by atoms with Crippen molar-refractivity contribution in [2.45, 2.75) is 13.8 Å². The van der Waals surface area contributed by atoms with Gasteiger partial charge in [0, 0.05) is 21.2 Å². The molecule has 1 aromatic heterocycles. The molecule has 1 N–H and O–H groups in total. The summed E-state index contributed by atoms with van der Waals surface area (Å²) in [6.45, 7) is 3.46. The van der Waals surface area contributed by atoms with E-state index in [1.165, 1.54) is 4.68 Å². The molecule has 0 aliphatic heterocycles. The van der Waals surface area contributed by atoms with E-state index in [9.17, 15) is 9.59 Å². The smallest absolute Gasteiger partial charge is 0.278 e. The number of nitrogens with zero attached hydrogens (tertiary/aromatic N) is 2. The zero-order valence-electron chi connectivity index (χ0n) is 14.1. The first kappa shape index (κ1) is 18.2. The van der Waals surface area contributed by atoms with E-state index >= 15 is 0 Å². The maximum atomic E-state index is 12.7. The minimum atomic E-state index is -0.300. The van der Waals surface area contributed by atoms with Gasteiger partial charge >= 0.3 is 0 Å². The van der Waals surface area contributed by atoms with Crippen LogP contribution in [0, 0.1) is 13.8 Å². The Bertz CT molecular complexity index is 977. The van der Waals surface area contributed by atoms with E-state index in [0.29, 0.717) is 38.2 Å². The summed E-state index contributed by atoms with van der Waals surface area (Å²) in [5, 5.41) is 8.18. The van der Waals surface area contributed by atoms with Crippen LogP contribution in [-0.4, -0.2) is 21.6 Å². The number of hydrogen-bond acceptors (Lipinski definition) is 3. The van der Waals surface area contributed by atoms with Crippen molar-refractivity contribution in [1.82, 2.24) is 9.78 Å². The van der Waals surface area contributed by atoms with Crippen LogP contribution in [0.2, 0.25) is 10.0 Å². The molecule has 1 heterocycles. The Balaban J connectivity index is 1.88. The van der Waals surface area contributed by atoms with Crippen LogP contribution >= 0.6 is 23.2 Å². The van der Waals surface area contributed by atoms with Crippen molar-refractivity contribution >= 4 is 40.7 Å². The van der Waals surface area contributed by atoms with Crippen molar-refractivity contribution < 1.29 is 9.59 Å². The second-order valence-corrected chi connectivity index (χ2v) is 6.60. The van der Waals surface area contributed by atoms with Gasteiger partial charge in [0.05, 0.1) is 17.1 Å². The van der Waals surface area contributed by atoms with Crippen LogP contribution < -0.4 is 5.32 Å². The Hall–Kier alpha value is -2.63. The summed E-state index contributed by atoms with van der Waals surface area (Å²) in [5.41, 5.74) is 2.52. The number of carbonyl (C=O) groups excluding carboxylic acids is 2. The van der Waals surface area contributed by atoms with E-state index in [0.717, 1.165) is 0 Å². The SMILES string of the molecule is Cc1nn(C(=O)c2ccc(Cl)cc2)c(C)c1NC(=O)c1ccc(Cl)cc1. The van der Waals surface area contributed by atoms with Crippen LogP contribution in [0.3, 0.4) is 0 Å². The molecule has 132 valence electrons. The average Bonchev–Trinajstić information content (AvgIpc) is 2.90. The Morgan fingerprint density at radius 1 is 0.885 bits per heavy atom. The maximum absolute atomic E-state index is 12.7. The monoisotopic (exact) mass is 387 g/mol. The second kappa shape index (κ2) is 7.32. The maximum Gasteiger partial charge on any atom is 0.278 e. The summed E-state index contributed by atoms with van der Waals surface area (Å²) in [5.74, 6) is -0.597. The average molecular weight is 388 g/mol. The highest BCUT2D eigenvalue weighted by atomic mass is 35.5. The Morgan fingerprint density at radius 3 is 1.92 bits per heavy atom. The van der Waals surface area contributed by atoms with Crippen LogP contribution in [-0.2, 0) is 0 Å². The largest absolute Gasteiger partial charge is 0.319 e. The molecule has 0 aliphatic carbocycles. The van der Waals surface area contributed by atoms with Gasteiger partial charge in [-0.3, -0.25) is 9.59 Å². The lowest BCUT2D eigenvalue weighted by Gasteiger charge is -2.07. The lowest BCUT2D eigenvalue weighted by molar-refractivity contribution is 0.0941. The van der Waals surface area contributed by atoms with Gasteiger partial charge in [0.2, 0.25) is 0 Å². The Morgan fingerprint density at radius 2 is 1.38 bits per heavy atom. The van der Waals surface area contributed by atoms with Gasteiger partial charge in [-0.1, -0.05) is 23.2 Å². The van der Waals surface area contributed by atoms with E-state index in [1.807, 2.05) is 0 Å². The third-order valence-corrected chi connectivity index (χ3v) is 4.42. The number of carbonyl (C=O) groups is 2. The number of rotatable bonds is 3. The molecule has 7 heteroatoms. The number of halogens is 2. The van der Waals surface area contributed by atoms with Crippen LogP contribution in [0.25, 0.3) is 0 Å².